The van der Waals surface area contributed by atoms with Gasteiger partial charge in [0.05, 0.1) is 5.69 Å². The van der Waals surface area contributed by atoms with Crippen LogP contribution in [0.5, 0.6) is 0 Å². The number of amides is 1. The molecule has 0 aliphatic heterocycles. The predicted octanol–water partition coefficient (Wildman–Crippen LogP) is 3.79. The maximum atomic E-state index is 12.4. The molecule has 0 aliphatic rings. The number of nitrogens with zero attached hydrogens (tertiary/aromatic N) is 4. The van der Waals surface area contributed by atoms with Crippen molar-refractivity contribution in [1.29, 1.82) is 0 Å². The van der Waals surface area contributed by atoms with Crippen LogP contribution in [0.3, 0.4) is 0 Å². The summed E-state index contributed by atoms with van der Waals surface area (Å²) < 4.78 is 0. The molecule has 1 N–H and O–H groups in total. The van der Waals surface area contributed by atoms with Crippen LogP contribution in [0, 0.1) is 0 Å². The van der Waals surface area contributed by atoms with E-state index in [0.29, 0.717) is 23.0 Å². The largest absolute Gasteiger partial charge is 0.363 e. The molecule has 162 valence electrons. The second-order valence-corrected chi connectivity index (χ2v) is 8.65. The minimum Gasteiger partial charge on any atom is -0.363 e. The van der Waals surface area contributed by atoms with Gasteiger partial charge in [0.15, 0.2) is 5.16 Å². The molecule has 0 fully saturated rings. The molecule has 6 nitrogen and oxygen atoms in total. The van der Waals surface area contributed by atoms with Crippen molar-refractivity contribution in [2.24, 2.45) is 0 Å². The number of carbonyl (C=O) groups excluding carboxylic acids is 1. The first-order valence-electron chi connectivity index (χ1n) is 10.2. The normalized spacial score (nSPS) is 10.9. The lowest BCUT2D eigenvalue weighted by Crippen LogP contribution is -2.31. The first-order valence-corrected chi connectivity index (χ1v) is 11.2. The maximum Gasteiger partial charge on any atom is 0.251 e. The summed E-state index contributed by atoms with van der Waals surface area (Å²) in [4.78, 5) is 25.9. The van der Waals surface area contributed by atoms with Gasteiger partial charge >= 0.3 is 0 Å². The van der Waals surface area contributed by atoms with E-state index in [4.69, 9.17) is 4.98 Å². The number of likely N-dealkylation sites (N-methyl/N-ethyl adjacent to an activating group) is 1. The number of thioether (sulfide) groups is 1. The van der Waals surface area contributed by atoms with Gasteiger partial charge in [0, 0.05) is 50.1 Å². The number of rotatable bonds is 9. The molecule has 0 saturated heterocycles. The van der Waals surface area contributed by atoms with Crippen molar-refractivity contribution in [2.45, 2.75) is 10.9 Å². The molecule has 2 aromatic carbocycles. The van der Waals surface area contributed by atoms with Gasteiger partial charge in [0.2, 0.25) is 0 Å². The van der Waals surface area contributed by atoms with Gasteiger partial charge in [0.1, 0.15) is 5.82 Å². The van der Waals surface area contributed by atoms with E-state index in [2.05, 4.69) is 22.4 Å². The van der Waals surface area contributed by atoms with Crippen LogP contribution in [-0.2, 0) is 5.75 Å². The smallest absolute Gasteiger partial charge is 0.251 e. The Morgan fingerprint density at radius 1 is 0.968 bits per heavy atom. The van der Waals surface area contributed by atoms with Gasteiger partial charge in [-0.2, -0.15) is 0 Å². The number of hydrogen-bond donors (Lipinski definition) is 1. The van der Waals surface area contributed by atoms with E-state index in [1.807, 2.05) is 86.5 Å². The molecule has 0 saturated carbocycles. The molecule has 0 unspecified atom stereocenters. The van der Waals surface area contributed by atoms with Gasteiger partial charge in [-0.3, -0.25) is 4.79 Å². The third kappa shape index (κ3) is 6.80. The number of aromatic nitrogens is 2. The highest BCUT2D eigenvalue weighted by Gasteiger charge is 2.10. The van der Waals surface area contributed by atoms with Crippen molar-refractivity contribution in [3.63, 3.8) is 0 Å². The van der Waals surface area contributed by atoms with Crippen LogP contribution in [0.25, 0.3) is 11.3 Å². The minimum atomic E-state index is -0.0501. The zero-order valence-corrected chi connectivity index (χ0v) is 19.3. The fraction of sp³-hybridized carbons (Fsp3) is 0.292. The Kier molecular flexibility index (Phi) is 8.03. The number of nitrogens with one attached hydrogen (secondary N) is 1. The van der Waals surface area contributed by atoms with Gasteiger partial charge in [-0.15, -0.1) is 0 Å². The fourth-order valence-electron chi connectivity index (χ4n) is 2.91. The lowest BCUT2D eigenvalue weighted by atomic mass is 10.1. The second kappa shape index (κ2) is 10.9. The topological polar surface area (TPSA) is 61.4 Å². The maximum absolute atomic E-state index is 12.4. The van der Waals surface area contributed by atoms with Crippen LogP contribution in [0.1, 0.15) is 15.9 Å². The second-order valence-electron chi connectivity index (χ2n) is 7.70. The molecule has 0 bridgehead atoms. The Morgan fingerprint density at radius 2 is 1.74 bits per heavy atom. The van der Waals surface area contributed by atoms with Crippen molar-refractivity contribution in [1.82, 2.24) is 20.2 Å². The lowest BCUT2D eigenvalue weighted by Gasteiger charge is -2.14. The summed E-state index contributed by atoms with van der Waals surface area (Å²) in [5.74, 6) is 1.50. The van der Waals surface area contributed by atoms with Gasteiger partial charge in [0.25, 0.3) is 5.91 Å². The highest BCUT2D eigenvalue weighted by Crippen LogP contribution is 2.27. The summed E-state index contributed by atoms with van der Waals surface area (Å²) in [7, 11) is 7.93. The van der Waals surface area contributed by atoms with Crippen molar-refractivity contribution in [3.8, 4) is 11.3 Å². The van der Waals surface area contributed by atoms with Crippen LogP contribution >= 0.6 is 11.8 Å². The molecule has 0 radical (unpaired) electrons. The SMILES string of the molecule is CN(C)CCNC(=O)c1cccc(CSc2nc(-c3ccccc3)cc(N(C)C)n2)c1. The van der Waals surface area contributed by atoms with E-state index >= 15 is 0 Å². The van der Waals surface area contributed by atoms with E-state index in [1.54, 1.807) is 11.8 Å². The van der Waals surface area contributed by atoms with Crippen molar-refractivity contribution < 1.29 is 4.79 Å². The molecule has 1 heterocycles. The monoisotopic (exact) mass is 435 g/mol. The number of benzene rings is 2. The Labute approximate surface area is 188 Å². The van der Waals surface area contributed by atoms with Crippen molar-refractivity contribution in [3.05, 3.63) is 71.8 Å². The molecular weight excluding hydrogens is 406 g/mol. The van der Waals surface area contributed by atoms with Gasteiger partial charge < -0.3 is 15.1 Å². The highest BCUT2D eigenvalue weighted by molar-refractivity contribution is 7.98. The number of carbonyl (C=O) groups is 1. The van der Waals surface area contributed by atoms with Crippen LogP contribution in [0.15, 0.2) is 65.8 Å². The average Bonchev–Trinajstić information content (AvgIpc) is 2.78. The first-order chi connectivity index (χ1) is 14.9. The number of anilines is 1. The average molecular weight is 436 g/mol. The molecule has 7 heteroatoms. The van der Waals surface area contributed by atoms with E-state index < -0.39 is 0 Å². The zero-order chi connectivity index (χ0) is 22.2. The Bertz CT molecular complexity index is 1010. The van der Waals surface area contributed by atoms with Crippen LogP contribution in [0.4, 0.5) is 5.82 Å². The highest BCUT2D eigenvalue weighted by atomic mass is 32.2. The summed E-state index contributed by atoms with van der Waals surface area (Å²) in [6.45, 7) is 1.43. The lowest BCUT2D eigenvalue weighted by molar-refractivity contribution is 0.0951. The summed E-state index contributed by atoms with van der Waals surface area (Å²) in [6, 6.07) is 19.8. The van der Waals surface area contributed by atoms with Crippen molar-refractivity contribution >= 4 is 23.5 Å². The summed E-state index contributed by atoms with van der Waals surface area (Å²) >= 11 is 1.57. The van der Waals surface area contributed by atoms with E-state index in [-0.39, 0.29) is 5.91 Å². The molecule has 1 amide bonds. The third-order valence-electron chi connectivity index (χ3n) is 4.62. The zero-order valence-electron chi connectivity index (χ0n) is 18.5. The molecule has 0 spiro atoms. The van der Waals surface area contributed by atoms with Gasteiger partial charge in [-0.05, 0) is 31.8 Å². The minimum absolute atomic E-state index is 0.0501. The van der Waals surface area contributed by atoms with Crippen LogP contribution < -0.4 is 10.2 Å². The Morgan fingerprint density at radius 3 is 2.45 bits per heavy atom. The van der Waals surface area contributed by atoms with Crippen LogP contribution in [0.2, 0.25) is 0 Å². The third-order valence-corrected chi connectivity index (χ3v) is 5.54. The van der Waals surface area contributed by atoms with E-state index in [1.165, 1.54) is 0 Å². The molecule has 3 rings (SSSR count). The summed E-state index contributed by atoms with van der Waals surface area (Å²) in [5.41, 5.74) is 3.69. The molecule has 0 atom stereocenters. The molecule has 31 heavy (non-hydrogen) atoms. The summed E-state index contributed by atoms with van der Waals surface area (Å²) in [5, 5.41) is 3.67. The van der Waals surface area contributed by atoms with Crippen molar-refractivity contribution in [2.75, 3.05) is 46.2 Å². The van der Waals surface area contributed by atoms with Gasteiger partial charge in [-0.1, -0.05) is 54.2 Å². The summed E-state index contributed by atoms with van der Waals surface area (Å²) in [6.07, 6.45) is 0. The Balaban J connectivity index is 1.72. The fourth-order valence-corrected chi connectivity index (χ4v) is 3.70. The molecule has 0 aliphatic carbocycles. The van der Waals surface area contributed by atoms with Gasteiger partial charge in [-0.25, -0.2) is 9.97 Å². The Hall–Kier alpha value is -2.90. The molecule has 1 aromatic heterocycles. The van der Waals surface area contributed by atoms with E-state index in [0.717, 1.165) is 29.2 Å². The molecular formula is C24H29N5OS. The quantitative estimate of drug-likeness (QED) is 0.408. The molecule has 3 aromatic rings. The van der Waals surface area contributed by atoms with E-state index in [9.17, 15) is 4.79 Å². The standard InChI is InChI=1S/C24H29N5OS/c1-28(2)14-13-25-23(30)20-12-8-9-18(15-20)17-31-24-26-21(16-22(27-24)29(3)4)19-10-6-5-7-11-19/h5-12,15-16H,13-14,17H2,1-4H3,(H,25,30). The predicted molar refractivity (Wildman–Crippen MR) is 129 cm³/mol. The van der Waals surface area contributed by atoms with Crippen LogP contribution in [-0.4, -0.2) is 62.1 Å². The number of hydrogen-bond acceptors (Lipinski definition) is 6. The first kappa shape index (κ1) is 22.8.